The molecule has 6 heteroatoms. The molecule has 1 aliphatic carbocycles. The third-order valence-electron chi connectivity index (χ3n) is 5.56. The molecule has 1 aliphatic heterocycles. The highest BCUT2D eigenvalue weighted by atomic mass is 16.2. The predicted octanol–water partition coefficient (Wildman–Crippen LogP) is 0.905. The molecule has 1 saturated carbocycles. The van der Waals surface area contributed by atoms with Crippen LogP contribution in [0.4, 0.5) is 0 Å². The Hall–Kier alpha value is -1.14. The van der Waals surface area contributed by atoms with Crippen LogP contribution in [0.3, 0.4) is 0 Å². The van der Waals surface area contributed by atoms with Crippen LogP contribution in [0, 0.1) is 5.92 Å². The van der Waals surface area contributed by atoms with E-state index in [-0.39, 0.29) is 17.7 Å². The van der Waals surface area contributed by atoms with Gasteiger partial charge in [-0.05, 0) is 18.8 Å². The van der Waals surface area contributed by atoms with Gasteiger partial charge in [-0.1, -0.05) is 33.1 Å². The first-order valence-corrected chi connectivity index (χ1v) is 9.42. The summed E-state index contributed by atoms with van der Waals surface area (Å²) in [5, 5.41) is 0. The number of likely N-dealkylation sites (N-methyl/N-ethyl adjacent to an activating group) is 1. The zero-order chi connectivity index (χ0) is 17.7. The molecule has 138 valence electrons. The highest BCUT2D eigenvalue weighted by Crippen LogP contribution is 2.21. The van der Waals surface area contributed by atoms with Crippen molar-refractivity contribution in [3.63, 3.8) is 0 Å². The van der Waals surface area contributed by atoms with Gasteiger partial charge in [-0.25, -0.2) is 0 Å². The molecule has 0 bridgehead atoms. The zero-order valence-electron chi connectivity index (χ0n) is 15.5. The molecule has 2 aliphatic rings. The Bertz CT molecular complexity index is 427. The second kappa shape index (κ2) is 8.81. The minimum absolute atomic E-state index is 0.0373. The molecule has 2 N–H and O–H groups in total. The van der Waals surface area contributed by atoms with Crippen LogP contribution in [0.2, 0.25) is 0 Å². The molecule has 2 rings (SSSR count). The van der Waals surface area contributed by atoms with Crippen molar-refractivity contribution in [2.45, 2.75) is 58.0 Å². The van der Waals surface area contributed by atoms with E-state index in [2.05, 4.69) is 4.90 Å². The van der Waals surface area contributed by atoms with E-state index in [0.717, 1.165) is 25.9 Å². The van der Waals surface area contributed by atoms with Gasteiger partial charge in [0.1, 0.15) is 0 Å². The molecule has 2 amide bonds. The van der Waals surface area contributed by atoms with Crippen LogP contribution < -0.4 is 5.73 Å². The number of rotatable bonds is 5. The van der Waals surface area contributed by atoms with Gasteiger partial charge in [0.2, 0.25) is 11.8 Å². The van der Waals surface area contributed by atoms with Crippen LogP contribution in [-0.4, -0.2) is 78.4 Å². The van der Waals surface area contributed by atoms with Gasteiger partial charge in [-0.15, -0.1) is 0 Å². The van der Waals surface area contributed by atoms with Crippen molar-refractivity contribution >= 4 is 11.8 Å². The summed E-state index contributed by atoms with van der Waals surface area (Å²) in [6.07, 6.45) is 6.04. The van der Waals surface area contributed by atoms with E-state index in [9.17, 15) is 9.59 Å². The van der Waals surface area contributed by atoms with Crippen molar-refractivity contribution in [3.8, 4) is 0 Å². The molecule has 0 aromatic carbocycles. The Balaban J connectivity index is 1.76. The fourth-order valence-electron chi connectivity index (χ4n) is 3.60. The van der Waals surface area contributed by atoms with Crippen LogP contribution in [0.15, 0.2) is 0 Å². The summed E-state index contributed by atoms with van der Waals surface area (Å²) in [5.41, 5.74) is 5.96. The minimum Gasteiger partial charge on any atom is -0.342 e. The Kier molecular flexibility index (Phi) is 7.04. The van der Waals surface area contributed by atoms with Gasteiger partial charge in [0.05, 0.1) is 12.6 Å². The van der Waals surface area contributed by atoms with Crippen LogP contribution in [0.5, 0.6) is 0 Å². The Morgan fingerprint density at radius 3 is 2.21 bits per heavy atom. The fraction of sp³-hybridized carbons (Fsp3) is 0.889. The summed E-state index contributed by atoms with van der Waals surface area (Å²) in [5.74, 6) is 0.400. The molecule has 1 atom stereocenters. The van der Waals surface area contributed by atoms with E-state index < -0.39 is 6.04 Å². The first kappa shape index (κ1) is 19.2. The molecule has 0 spiro atoms. The minimum atomic E-state index is -0.421. The smallest absolute Gasteiger partial charge is 0.239 e. The number of hydrogen-bond donors (Lipinski definition) is 1. The lowest BCUT2D eigenvalue weighted by atomic mass is 9.94. The molecule has 0 radical (unpaired) electrons. The molecule has 1 heterocycles. The van der Waals surface area contributed by atoms with Crippen molar-refractivity contribution in [1.82, 2.24) is 14.7 Å². The van der Waals surface area contributed by atoms with Gasteiger partial charge >= 0.3 is 0 Å². The standard InChI is InChI=1S/C18H34N4O2/c1-14(2)17(19)18(24)22-11-9-21(10-12-22)13-16(23)20(3)15-7-5-4-6-8-15/h14-15,17H,4-13,19H2,1-3H3/t17-/m0/s1. The van der Waals surface area contributed by atoms with Gasteiger partial charge in [0.25, 0.3) is 0 Å². The fourth-order valence-corrected chi connectivity index (χ4v) is 3.60. The second-order valence-corrected chi connectivity index (χ2v) is 7.67. The third-order valence-corrected chi connectivity index (χ3v) is 5.56. The van der Waals surface area contributed by atoms with Gasteiger partial charge in [0, 0.05) is 39.3 Å². The summed E-state index contributed by atoms with van der Waals surface area (Å²) in [4.78, 5) is 30.8. The second-order valence-electron chi connectivity index (χ2n) is 7.67. The van der Waals surface area contributed by atoms with E-state index >= 15 is 0 Å². The van der Waals surface area contributed by atoms with E-state index in [1.165, 1.54) is 19.3 Å². The number of hydrogen-bond acceptors (Lipinski definition) is 4. The quantitative estimate of drug-likeness (QED) is 0.809. The number of nitrogens with zero attached hydrogens (tertiary/aromatic N) is 3. The molecular weight excluding hydrogens is 304 g/mol. The number of carbonyl (C=O) groups is 2. The number of nitrogens with two attached hydrogens (primary N) is 1. The number of amides is 2. The molecule has 24 heavy (non-hydrogen) atoms. The van der Waals surface area contributed by atoms with Crippen LogP contribution in [0.25, 0.3) is 0 Å². The summed E-state index contributed by atoms with van der Waals surface area (Å²) in [6.45, 7) is 7.24. The predicted molar refractivity (Wildman–Crippen MR) is 95.5 cm³/mol. The van der Waals surface area contributed by atoms with Crippen molar-refractivity contribution < 1.29 is 9.59 Å². The maximum Gasteiger partial charge on any atom is 0.239 e. The third kappa shape index (κ3) is 4.93. The zero-order valence-corrected chi connectivity index (χ0v) is 15.5. The van der Waals surface area contributed by atoms with E-state index in [0.29, 0.717) is 25.7 Å². The summed E-state index contributed by atoms with van der Waals surface area (Å²) in [7, 11) is 1.94. The average Bonchev–Trinajstić information content (AvgIpc) is 2.61. The van der Waals surface area contributed by atoms with E-state index in [1.807, 2.05) is 30.7 Å². The maximum absolute atomic E-state index is 12.5. The maximum atomic E-state index is 12.5. The normalized spacial score (nSPS) is 21.8. The average molecular weight is 338 g/mol. The number of piperazine rings is 1. The lowest BCUT2D eigenvalue weighted by Crippen LogP contribution is -2.55. The molecule has 0 unspecified atom stereocenters. The van der Waals surface area contributed by atoms with E-state index in [1.54, 1.807) is 0 Å². The summed E-state index contributed by atoms with van der Waals surface area (Å²) < 4.78 is 0. The lowest BCUT2D eigenvalue weighted by molar-refractivity contribution is -0.137. The van der Waals surface area contributed by atoms with Gasteiger partial charge in [-0.2, -0.15) is 0 Å². The summed E-state index contributed by atoms with van der Waals surface area (Å²) >= 11 is 0. The first-order valence-electron chi connectivity index (χ1n) is 9.42. The Morgan fingerprint density at radius 1 is 1.08 bits per heavy atom. The Labute approximate surface area is 146 Å². The SMILES string of the molecule is CC(C)[C@H](N)C(=O)N1CCN(CC(=O)N(C)C2CCCCC2)CC1. The van der Waals surface area contributed by atoms with Gasteiger partial charge in [-0.3, -0.25) is 14.5 Å². The van der Waals surface area contributed by atoms with Gasteiger partial charge in [0.15, 0.2) is 0 Å². The largest absolute Gasteiger partial charge is 0.342 e. The van der Waals surface area contributed by atoms with Crippen LogP contribution in [-0.2, 0) is 9.59 Å². The molecule has 6 nitrogen and oxygen atoms in total. The molecule has 1 saturated heterocycles. The molecule has 2 fully saturated rings. The van der Waals surface area contributed by atoms with Crippen molar-refractivity contribution in [1.29, 1.82) is 0 Å². The molecular formula is C18H34N4O2. The lowest BCUT2D eigenvalue weighted by Gasteiger charge is -2.37. The monoisotopic (exact) mass is 338 g/mol. The first-order chi connectivity index (χ1) is 11.4. The molecule has 0 aromatic heterocycles. The van der Waals surface area contributed by atoms with Crippen molar-refractivity contribution in [3.05, 3.63) is 0 Å². The van der Waals surface area contributed by atoms with Crippen molar-refractivity contribution in [2.24, 2.45) is 11.7 Å². The topological polar surface area (TPSA) is 69.9 Å². The molecule has 0 aromatic rings. The van der Waals surface area contributed by atoms with Crippen molar-refractivity contribution in [2.75, 3.05) is 39.8 Å². The van der Waals surface area contributed by atoms with Gasteiger partial charge < -0.3 is 15.5 Å². The highest BCUT2D eigenvalue weighted by molar-refractivity contribution is 5.82. The number of carbonyl (C=O) groups excluding carboxylic acids is 2. The van der Waals surface area contributed by atoms with Crippen LogP contribution in [0.1, 0.15) is 46.0 Å². The van der Waals surface area contributed by atoms with Crippen LogP contribution >= 0.6 is 0 Å². The summed E-state index contributed by atoms with van der Waals surface area (Å²) in [6, 6.07) is -0.00577. The van der Waals surface area contributed by atoms with E-state index in [4.69, 9.17) is 5.73 Å². The Morgan fingerprint density at radius 2 is 1.67 bits per heavy atom. The highest BCUT2D eigenvalue weighted by Gasteiger charge is 2.29.